The van der Waals surface area contributed by atoms with Crippen LogP contribution in [0.15, 0.2) is 55.1 Å². The Bertz CT molecular complexity index is 651. The number of hydrogen-bond donors (Lipinski definition) is 1. The molecule has 0 fully saturated rings. The molecule has 0 aliphatic rings. The summed E-state index contributed by atoms with van der Waals surface area (Å²) in [6, 6.07) is 13.4. The molecule has 1 N–H and O–H groups in total. The molecule has 108 valence electrons. The van der Waals surface area contributed by atoms with Gasteiger partial charge in [-0.2, -0.15) is 0 Å². The van der Waals surface area contributed by atoms with Gasteiger partial charge in [0.1, 0.15) is 12.9 Å². The first kappa shape index (κ1) is 14.8. The minimum absolute atomic E-state index is 0.118. The molecule has 0 unspecified atom stereocenters. The molecule has 0 aliphatic heterocycles. The normalized spacial score (nSPS) is 11.6. The second kappa shape index (κ2) is 7.24. The van der Waals surface area contributed by atoms with Gasteiger partial charge in [-0.3, -0.25) is 0 Å². The number of fused-ring (bicyclic) bond motifs is 1. The van der Waals surface area contributed by atoms with E-state index in [-0.39, 0.29) is 6.61 Å². The van der Waals surface area contributed by atoms with Crippen molar-refractivity contribution in [3.8, 4) is 0 Å². The molecule has 1 atom stereocenters. The molecule has 0 heterocycles. The van der Waals surface area contributed by atoms with Crippen LogP contribution in [0.25, 0.3) is 10.8 Å². The van der Waals surface area contributed by atoms with Gasteiger partial charge >= 0.3 is 6.09 Å². The lowest BCUT2D eigenvalue weighted by Crippen LogP contribution is -2.38. The smallest absolute Gasteiger partial charge is 0.408 e. The zero-order valence-corrected chi connectivity index (χ0v) is 11.6. The fourth-order valence-electron chi connectivity index (χ4n) is 2.08. The van der Waals surface area contributed by atoms with Crippen molar-refractivity contribution in [3.63, 3.8) is 0 Å². The third-order valence-electron chi connectivity index (χ3n) is 3.07. The van der Waals surface area contributed by atoms with Crippen LogP contribution in [-0.2, 0) is 16.0 Å². The maximum atomic E-state index is 11.4. The van der Waals surface area contributed by atoms with Crippen molar-refractivity contribution >= 4 is 23.2 Å². The Hall–Kier alpha value is -2.62. The van der Waals surface area contributed by atoms with Gasteiger partial charge in [-0.05, 0) is 22.8 Å². The van der Waals surface area contributed by atoms with E-state index in [0.29, 0.717) is 12.7 Å². The van der Waals surface area contributed by atoms with Crippen molar-refractivity contribution in [3.05, 3.63) is 60.7 Å². The topological polar surface area (TPSA) is 55.4 Å². The summed E-state index contributed by atoms with van der Waals surface area (Å²) in [5.74, 6) is 0. The number of nitrogens with one attached hydrogen (secondary N) is 1. The number of rotatable bonds is 6. The molecule has 0 aromatic heterocycles. The van der Waals surface area contributed by atoms with E-state index in [0.717, 1.165) is 16.3 Å². The van der Waals surface area contributed by atoms with E-state index in [2.05, 4.69) is 11.9 Å². The van der Waals surface area contributed by atoms with Crippen LogP contribution in [0, 0.1) is 0 Å². The highest BCUT2D eigenvalue weighted by atomic mass is 16.5. The number of alkyl carbamates (subject to hydrolysis) is 1. The van der Waals surface area contributed by atoms with Crippen LogP contribution in [0.5, 0.6) is 0 Å². The number of amides is 1. The van der Waals surface area contributed by atoms with E-state index in [9.17, 15) is 9.59 Å². The number of aldehydes is 1. The predicted molar refractivity (Wildman–Crippen MR) is 82.2 cm³/mol. The summed E-state index contributed by atoms with van der Waals surface area (Å²) in [7, 11) is 0. The largest absolute Gasteiger partial charge is 0.445 e. The molecule has 1 amide bonds. The zero-order valence-electron chi connectivity index (χ0n) is 11.6. The highest BCUT2D eigenvalue weighted by molar-refractivity contribution is 5.83. The minimum atomic E-state index is -0.618. The monoisotopic (exact) mass is 283 g/mol. The first-order chi connectivity index (χ1) is 10.2. The molecule has 2 aromatic carbocycles. The van der Waals surface area contributed by atoms with Crippen LogP contribution in [0.1, 0.15) is 5.56 Å². The standard InChI is InChI=1S/C17H17NO3/c1-2-9-21-17(20)18-16(12-19)11-13-7-8-14-5-3-4-6-15(14)10-13/h2-8,10,12,16H,1,9,11H2,(H,18,20)/t16-/m0/s1. The van der Waals surface area contributed by atoms with E-state index in [1.165, 1.54) is 6.08 Å². The number of benzene rings is 2. The summed E-state index contributed by atoms with van der Waals surface area (Å²) >= 11 is 0. The van der Waals surface area contributed by atoms with Crippen LogP contribution in [-0.4, -0.2) is 25.0 Å². The summed E-state index contributed by atoms with van der Waals surface area (Å²) in [6.07, 6.45) is 1.99. The molecular weight excluding hydrogens is 266 g/mol. The lowest BCUT2D eigenvalue weighted by molar-refractivity contribution is -0.109. The number of ether oxygens (including phenoxy) is 1. The third-order valence-corrected chi connectivity index (χ3v) is 3.07. The van der Waals surface area contributed by atoms with Crippen LogP contribution in [0.3, 0.4) is 0 Å². The fraction of sp³-hybridized carbons (Fsp3) is 0.176. The van der Waals surface area contributed by atoms with Gasteiger partial charge in [0.2, 0.25) is 0 Å². The molecule has 0 bridgehead atoms. The van der Waals surface area contributed by atoms with Crippen LogP contribution < -0.4 is 5.32 Å². The molecule has 0 spiro atoms. The highest BCUT2D eigenvalue weighted by Crippen LogP contribution is 2.16. The number of carbonyl (C=O) groups is 2. The molecule has 4 nitrogen and oxygen atoms in total. The van der Waals surface area contributed by atoms with E-state index < -0.39 is 12.1 Å². The molecular formula is C17H17NO3. The SMILES string of the molecule is C=CCOC(=O)N[C@H](C=O)Cc1ccc2ccccc2c1. The van der Waals surface area contributed by atoms with E-state index >= 15 is 0 Å². The summed E-state index contributed by atoms with van der Waals surface area (Å²) in [5, 5.41) is 4.77. The van der Waals surface area contributed by atoms with Gasteiger partial charge in [-0.25, -0.2) is 4.79 Å². The maximum absolute atomic E-state index is 11.4. The number of hydrogen-bond acceptors (Lipinski definition) is 3. The Labute approximate surface area is 123 Å². The fourth-order valence-corrected chi connectivity index (χ4v) is 2.08. The Balaban J connectivity index is 2.04. The Kier molecular flexibility index (Phi) is 5.10. The van der Waals surface area contributed by atoms with Gasteiger partial charge in [0.05, 0.1) is 6.04 Å². The first-order valence-electron chi connectivity index (χ1n) is 6.70. The molecule has 0 aliphatic carbocycles. The molecule has 2 rings (SSSR count). The predicted octanol–water partition coefficient (Wildman–Crippen LogP) is 2.86. The van der Waals surface area contributed by atoms with Gasteiger partial charge < -0.3 is 14.8 Å². The minimum Gasteiger partial charge on any atom is -0.445 e. The van der Waals surface area contributed by atoms with Crippen LogP contribution in [0.4, 0.5) is 4.79 Å². The van der Waals surface area contributed by atoms with Gasteiger partial charge in [-0.1, -0.05) is 55.1 Å². The lowest BCUT2D eigenvalue weighted by Gasteiger charge is -2.13. The Morgan fingerprint density at radius 1 is 1.24 bits per heavy atom. The Morgan fingerprint density at radius 3 is 2.71 bits per heavy atom. The van der Waals surface area contributed by atoms with Crippen LogP contribution in [0.2, 0.25) is 0 Å². The summed E-state index contributed by atoms with van der Waals surface area (Å²) < 4.78 is 4.80. The lowest BCUT2D eigenvalue weighted by atomic mass is 10.0. The van der Waals surface area contributed by atoms with Crippen molar-refractivity contribution < 1.29 is 14.3 Å². The van der Waals surface area contributed by atoms with Gasteiger partial charge in [0, 0.05) is 0 Å². The molecule has 4 heteroatoms. The maximum Gasteiger partial charge on any atom is 0.408 e. The summed E-state index contributed by atoms with van der Waals surface area (Å²) in [5.41, 5.74) is 0.981. The third kappa shape index (κ3) is 4.18. The van der Waals surface area contributed by atoms with Gasteiger partial charge in [0.15, 0.2) is 0 Å². The van der Waals surface area contributed by atoms with E-state index in [4.69, 9.17) is 4.74 Å². The second-order valence-corrected chi connectivity index (χ2v) is 4.66. The van der Waals surface area contributed by atoms with Crippen molar-refractivity contribution in [2.24, 2.45) is 0 Å². The summed E-state index contributed by atoms with van der Waals surface area (Å²) in [4.78, 5) is 22.5. The van der Waals surface area contributed by atoms with Crippen molar-refractivity contribution in [2.75, 3.05) is 6.61 Å². The van der Waals surface area contributed by atoms with E-state index in [1.807, 2.05) is 42.5 Å². The molecule has 0 radical (unpaired) electrons. The molecule has 0 saturated heterocycles. The number of carbonyl (C=O) groups excluding carboxylic acids is 2. The van der Waals surface area contributed by atoms with Crippen LogP contribution >= 0.6 is 0 Å². The molecule has 2 aromatic rings. The quantitative estimate of drug-likeness (QED) is 0.655. The van der Waals surface area contributed by atoms with Crippen molar-refractivity contribution in [1.29, 1.82) is 0 Å². The summed E-state index contributed by atoms with van der Waals surface area (Å²) in [6.45, 7) is 3.57. The Morgan fingerprint density at radius 2 is 2.00 bits per heavy atom. The van der Waals surface area contributed by atoms with Gasteiger partial charge in [0.25, 0.3) is 0 Å². The average Bonchev–Trinajstić information content (AvgIpc) is 2.52. The molecule has 21 heavy (non-hydrogen) atoms. The molecule has 0 saturated carbocycles. The van der Waals surface area contributed by atoms with Crippen molar-refractivity contribution in [2.45, 2.75) is 12.5 Å². The highest BCUT2D eigenvalue weighted by Gasteiger charge is 2.12. The van der Waals surface area contributed by atoms with Crippen molar-refractivity contribution in [1.82, 2.24) is 5.32 Å². The van der Waals surface area contributed by atoms with E-state index in [1.54, 1.807) is 0 Å². The average molecular weight is 283 g/mol. The zero-order chi connectivity index (χ0) is 15.1. The second-order valence-electron chi connectivity index (χ2n) is 4.66. The first-order valence-corrected chi connectivity index (χ1v) is 6.70. The van der Waals surface area contributed by atoms with Gasteiger partial charge in [-0.15, -0.1) is 0 Å².